The first-order chi connectivity index (χ1) is 9.72. The third kappa shape index (κ3) is 2.65. The lowest BCUT2D eigenvalue weighted by Crippen LogP contribution is -1.95. The minimum absolute atomic E-state index is 0.556. The molecule has 1 N–H and O–H groups in total. The lowest BCUT2D eigenvalue weighted by Gasteiger charge is -2.06. The molecule has 3 aromatic rings. The molecule has 2 heterocycles. The standard InChI is InChI=1S/C16H13N3S/c1-11-6-5-9-13(17-11)16-18-14(10-15(20)19-16)12-7-3-2-4-8-12/h2-10H,1H3,(H,18,19,20). The Morgan fingerprint density at radius 2 is 1.75 bits per heavy atom. The fraction of sp³-hybridized carbons (Fsp3) is 0.0625. The predicted octanol–water partition coefficient (Wildman–Crippen LogP) is 4.18. The SMILES string of the molecule is Cc1cccc(-c2nc(=S)cc(-c3ccccc3)[nH]2)n1. The first kappa shape index (κ1) is 12.7. The van der Waals surface area contributed by atoms with Crippen molar-refractivity contribution >= 4 is 12.2 Å². The second-order valence-corrected chi connectivity index (χ2v) is 4.93. The van der Waals surface area contributed by atoms with Crippen LogP contribution in [-0.4, -0.2) is 15.0 Å². The van der Waals surface area contributed by atoms with Gasteiger partial charge in [-0.3, -0.25) is 0 Å². The summed E-state index contributed by atoms with van der Waals surface area (Å²) in [5, 5.41) is 0. The van der Waals surface area contributed by atoms with E-state index in [4.69, 9.17) is 12.2 Å². The van der Waals surface area contributed by atoms with Crippen molar-refractivity contribution < 1.29 is 0 Å². The van der Waals surface area contributed by atoms with Crippen molar-refractivity contribution in [2.45, 2.75) is 6.92 Å². The Morgan fingerprint density at radius 1 is 0.950 bits per heavy atom. The zero-order chi connectivity index (χ0) is 13.9. The number of nitrogens with one attached hydrogen (secondary N) is 1. The lowest BCUT2D eigenvalue weighted by atomic mass is 10.1. The summed E-state index contributed by atoms with van der Waals surface area (Å²) in [5.74, 6) is 0.694. The number of hydrogen-bond donors (Lipinski definition) is 1. The van der Waals surface area contributed by atoms with Crippen LogP contribution in [0.5, 0.6) is 0 Å². The van der Waals surface area contributed by atoms with Gasteiger partial charge >= 0.3 is 0 Å². The third-order valence-electron chi connectivity index (χ3n) is 2.96. The molecule has 0 fully saturated rings. The van der Waals surface area contributed by atoms with Crippen molar-refractivity contribution in [2.75, 3.05) is 0 Å². The summed E-state index contributed by atoms with van der Waals surface area (Å²) in [7, 11) is 0. The molecular weight excluding hydrogens is 266 g/mol. The molecule has 0 saturated heterocycles. The number of aromatic amines is 1. The molecule has 2 aromatic heterocycles. The number of rotatable bonds is 2. The average molecular weight is 279 g/mol. The molecular formula is C16H13N3S. The highest BCUT2D eigenvalue weighted by Gasteiger charge is 2.05. The Bertz CT molecular complexity index is 794. The predicted molar refractivity (Wildman–Crippen MR) is 82.8 cm³/mol. The van der Waals surface area contributed by atoms with Gasteiger partial charge in [-0.2, -0.15) is 0 Å². The van der Waals surface area contributed by atoms with E-state index >= 15 is 0 Å². The molecule has 4 heteroatoms. The largest absolute Gasteiger partial charge is 0.338 e. The van der Waals surface area contributed by atoms with Gasteiger partial charge in [-0.1, -0.05) is 48.6 Å². The van der Waals surface area contributed by atoms with Crippen molar-refractivity contribution in [1.82, 2.24) is 15.0 Å². The van der Waals surface area contributed by atoms with Crippen LogP contribution in [0.15, 0.2) is 54.6 Å². The van der Waals surface area contributed by atoms with Crippen molar-refractivity contribution in [1.29, 1.82) is 0 Å². The van der Waals surface area contributed by atoms with Crippen LogP contribution < -0.4 is 0 Å². The van der Waals surface area contributed by atoms with E-state index in [2.05, 4.69) is 15.0 Å². The molecule has 0 bridgehead atoms. The van der Waals surface area contributed by atoms with E-state index in [0.717, 1.165) is 22.6 Å². The van der Waals surface area contributed by atoms with E-state index in [-0.39, 0.29) is 0 Å². The zero-order valence-corrected chi connectivity index (χ0v) is 11.8. The lowest BCUT2D eigenvalue weighted by molar-refractivity contribution is 1.11. The van der Waals surface area contributed by atoms with Crippen LogP contribution in [0.2, 0.25) is 0 Å². The van der Waals surface area contributed by atoms with Crippen molar-refractivity contribution in [3.8, 4) is 22.8 Å². The number of hydrogen-bond acceptors (Lipinski definition) is 3. The highest BCUT2D eigenvalue weighted by atomic mass is 32.1. The van der Waals surface area contributed by atoms with Gasteiger partial charge in [-0.15, -0.1) is 0 Å². The molecule has 0 spiro atoms. The smallest absolute Gasteiger partial charge is 0.158 e. The summed E-state index contributed by atoms with van der Waals surface area (Å²) in [4.78, 5) is 12.2. The van der Waals surface area contributed by atoms with Gasteiger partial charge < -0.3 is 4.98 Å². The van der Waals surface area contributed by atoms with Gasteiger partial charge in [-0.25, -0.2) is 9.97 Å². The topological polar surface area (TPSA) is 41.6 Å². The van der Waals surface area contributed by atoms with Crippen LogP contribution in [0.1, 0.15) is 5.69 Å². The monoisotopic (exact) mass is 279 g/mol. The molecule has 0 saturated carbocycles. The van der Waals surface area contributed by atoms with E-state index < -0.39 is 0 Å². The summed E-state index contributed by atoms with van der Waals surface area (Å²) < 4.78 is 0.556. The number of pyridine rings is 1. The summed E-state index contributed by atoms with van der Waals surface area (Å²) in [6, 6.07) is 17.8. The number of H-pyrrole nitrogens is 1. The number of aromatic nitrogens is 3. The van der Waals surface area contributed by atoms with Gasteiger partial charge in [-0.05, 0) is 30.7 Å². The van der Waals surface area contributed by atoms with Crippen LogP contribution in [0.25, 0.3) is 22.8 Å². The van der Waals surface area contributed by atoms with E-state index in [1.165, 1.54) is 0 Å². The number of benzene rings is 1. The first-order valence-corrected chi connectivity index (χ1v) is 6.74. The average Bonchev–Trinajstić information content (AvgIpc) is 2.47. The van der Waals surface area contributed by atoms with Crippen molar-refractivity contribution in [3.05, 3.63) is 64.9 Å². The second kappa shape index (κ2) is 5.35. The first-order valence-electron chi connectivity index (χ1n) is 6.33. The maximum atomic E-state index is 5.26. The van der Waals surface area contributed by atoms with Crippen LogP contribution in [-0.2, 0) is 0 Å². The fourth-order valence-electron chi connectivity index (χ4n) is 2.03. The molecule has 1 aromatic carbocycles. The minimum Gasteiger partial charge on any atom is -0.338 e. The maximum absolute atomic E-state index is 5.26. The Hall–Kier alpha value is -2.33. The molecule has 98 valence electrons. The van der Waals surface area contributed by atoms with Crippen LogP contribution in [0, 0.1) is 11.6 Å². The second-order valence-electron chi connectivity index (χ2n) is 4.51. The molecule has 0 atom stereocenters. The van der Waals surface area contributed by atoms with E-state index in [1.807, 2.05) is 61.5 Å². The van der Waals surface area contributed by atoms with Gasteiger partial charge in [0.2, 0.25) is 0 Å². The summed E-state index contributed by atoms with van der Waals surface area (Å²) in [6.45, 7) is 1.96. The van der Waals surface area contributed by atoms with E-state index in [1.54, 1.807) is 0 Å². The van der Waals surface area contributed by atoms with E-state index in [0.29, 0.717) is 10.5 Å². The van der Waals surface area contributed by atoms with Crippen LogP contribution in [0.3, 0.4) is 0 Å². The Balaban J connectivity index is 2.15. The highest BCUT2D eigenvalue weighted by molar-refractivity contribution is 7.71. The summed E-state index contributed by atoms with van der Waals surface area (Å²) in [6.07, 6.45) is 0. The Morgan fingerprint density at radius 3 is 2.50 bits per heavy atom. The number of nitrogens with zero attached hydrogens (tertiary/aromatic N) is 2. The van der Waals surface area contributed by atoms with Gasteiger partial charge in [0.05, 0.1) is 0 Å². The highest BCUT2D eigenvalue weighted by Crippen LogP contribution is 2.20. The van der Waals surface area contributed by atoms with Crippen LogP contribution in [0.4, 0.5) is 0 Å². The van der Waals surface area contributed by atoms with Gasteiger partial charge in [0.1, 0.15) is 10.3 Å². The minimum atomic E-state index is 0.556. The third-order valence-corrected chi connectivity index (χ3v) is 3.17. The molecule has 0 aliphatic heterocycles. The quantitative estimate of drug-likeness (QED) is 0.716. The normalized spacial score (nSPS) is 10.4. The van der Waals surface area contributed by atoms with E-state index in [9.17, 15) is 0 Å². The Labute approximate surface area is 122 Å². The molecule has 3 rings (SSSR count). The van der Waals surface area contributed by atoms with Gasteiger partial charge in [0, 0.05) is 11.4 Å². The summed E-state index contributed by atoms with van der Waals surface area (Å²) in [5.41, 5.74) is 3.78. The molecule has 0 aliphatic rings. The molecule has 0 aliphatic carbocycles. The molecule has 3 nitrogen and oxygen atoms in total. The Kier molecular flexibility index (Phi) is 3.39. The number of aryl methyl sites for hydroxylation is 1. The maximum Gasteiger partial charge on any atom is 0.158 e. The van der Waals surface area contributed by atoms with Gasteiger partial charge in [0.25, 0.3) is 0 Å². The fourth-order valence-corrected chi connectivity index (χ4v) is 2.24. The van der Waals surface area contributed by atoms with Crippen molar-refractivity contribution in [2.24, 2.45) is 0 Å². The van der Waals surface area contributed by atoms with Gasteiger partial charge in [0.15, 0.2) is 5.82 Å². The summed E-state index contributed by atoms with van der Waals surface area (Å²) >= 11 is 5.26. The molecule has 0 radical (unpaired) electrons. The molecule has 0 unspecified atom stereocenters. The zero-order valence-electron chi connectivity index (χ0n) is 11.0. The van der Waals surface area contributed by atoms with Crippen LogP contribution >= 0.6 is 12.2 Å². The van der Waals surface area contributed by atoms with Crippen molar-refractivity contribution in [3.63, 3.8) is 0 Å². The molecule has 20 heavy (non-hydrogen) atoms. The molecule has 0 amide bonds.